The van der Waals surface area contributed by atoms with Crippen molar-refractivity contribution in [2.45, 2.75) is 77.2 Å². The molecule has 0 aliphatic carbocycles. The van der Waals surface area contributed by atoms with Gasteiger partial charge in [0.1, 0.15) is 17.6 Å². The smallest absolute Gasteiger partial charge is 0.313 e. The highest BCUT2D eigenvalue weighted by Crippen LogP contribution is 2.58. The monoisotopic (exact) mass is 536 g/mol. The molecule has 1 aromatic carbocycles. The van der Waals surface area contributed by atoms with Crippen molar-refractivity contribution in [1.82, 2.24) is 4.90 Å². The van der Waals surface area contributed by atoms with E-state index in [4.69, 9.17) is 9.47 Å². The fraction of sp³-hybridized carbons (Fsp3) is 0.581. The van der Waals surface area contributed by atoms with Gasteiger partial charge in [-0.25, -0.2) is 0 Å². The molecule has 8 nitrogen and oxygen atoms in total. The van der Waals surface area contributed by atoms with Crippen molar-refractivity contribution >= 4 is 23.5 Å². The molecule has 0 aromatic heterocycles. The minimum absolute atomic E-state index is 0.0808. The molecule has 4 aliphatic heterocycles. The van der Waals surface area contributed by atoms with Crippen LogP contribution in [0.1, 0.15) is 51.2 Å². The fourth-order valence-electron chi connectivity index (χ4n) is 6.97. The third-order valence-corrected chi connectivity index (χ3v) is 9.19. The van der Waals surface area contributed by atoms with E-state index in [2.05, 4.69) is 0 Å². The van der Waals surface area contributed by atoms with Gasteiger partial charge in [-0.15, -0.1) is 0 Å². The number of likely N-dealkylation sites (tertiary alicyclic amines) is 1. The molecule has 210 valence electrons. The number of hydrogen-bond donors (Lipinski definition) is 1. The second-order valence-electron chi connectivity index (χ2n) is 11.7. The van der Waals surface area contributed by atoms with Crippen LogP contribution in [0, 0.1) is 31.6 Å². The Labute approximate surface area is 230 Å². The van der Waals surface area contributed by atoms with E-state index in [0.717, 1.165) is 23.2 Å². The molecule has 2 fully saturated rings. The van der Waals surface area contributed by atoms with Crippen molar-refractivity contribution in [3.8, 4) is 0 Å². The minimum Gasteiger partial charge on any atom is -0.465 e. The maximum Gasteiger partial charge on any atom is 0.313 e. The fourth-order valence-corrected chi connectivity index (χ4v) is 6.97. The van der Waals surface area contributed by atoms with Gasteiger partial charge >= 0.3 is 5.97 Å². The van der Waals surface area contributed by atoms with Crippen molar-refractivity contribution in [2.75, 3.05) is 24.7 Å². The first-order valence-corrected chi connectivity index (χ1v) is 14.1. The van der Waals surface area contributed by atoms with E-state index < -0.39 is 41.1 Å². The molecule has 1 aromatic rings. The lowest BCUT2D eigenvalue weighted by Crippen LogP contribution is -2.60. The van der Waals surface area contributed by atoms with Gasteiger partial charge in [-0.2, -0.15) is 0 Å². The molecular formula is C31H40N2O6. The van der Waals surface area contributed by atoms with Crippen molar-refractivity contribution in [1.29, 1.82) is 0 Å². The van der Waals surface area contributed by atoms with Crippen LogP contribution in [0.2, 0.25) is 0 Å². The van der Waals surface area contributed by atoms with Crippen LogP contribution < -0.4 is 4.90 Å². The first kappa shape index (κ1) is 27.6. The van der Waals surface area contributed by atoms with E-state index in [1.165, 1.54) is 4.90 Å². The van der Waals surface area contributed by atoms with Crippen LogP contribution in [0.5, 0.6) is 0 Å². The standard InChI is InChI=1S/C31H40N2O6/c1-6-20(3)23(18-34)33-26-28(36)32(22-17-19(2)11-12-21(22)4)15-10-14-31(26)24(27(33)35)25-29(37)38-16-9-7-8-13-30(25,5)39-31/h8,10-14,17,20,23-26,34H,6-7,9,15-16,18H2,1-5H3/b13-8-/t20-,23-,24-,25+,26?,30-,31-/m0/s1. The Morgan fingerprint density at radius 1 is 1.10 bits per heavy atom. The number of benzene rings is 1. The number of ether oxygens (including phenoxy) is 2. The Bertz CT molecular complexity index is 1230. The number of fused-ring (bicyclic) bond motifs is 2. The largest absolute Gasteiger partial charge is 0.465 e. The summed E-state index contributed by atoms with van der Waals surface area (Å²) in [7, 11) is 0. The highest BCUT2D eigenvalue weighted by molar-refractivity contribution is 6.06. The molecule has 4 heterocycles. The number of allylic oxidation sites excluding steroid dienone is 1. The zero-order chi connectivity index (χ0) is 28.1. The number of cyclic esters (lactones) is 1. The molecule has 4 aliphatic rings. The Hall–Kier alpha value is -2.97. The predicted molar refractivity (Wildman–Crippen MR) is 147 cm³/mol. The lowest BCUT2D eigenvalue weighted by molar-refractivity contribution is -0.160. The van der Waals surface area contributed by atoms with Crippen molar-refractivity contribution in [2.24, 2.45) is 17.8 Å². The molecular weight excluding hydrogens is 496 g/mol. The number of hydrogen-bond acceptors (Lipinski definition) is 6. The topological polar surface area (TPSA) is 96.4 Å². The normalized spacial score (nSPS) is 34.7. The molecule has 1 N–H and O–H groups in total. The van der Waals surface area contributed by atoms with Crippen molar-refractivity contribution in [3.63, 3.8) is 0 Å². The van der Waals surface area contributed by atoms with Crippen LogP contribution in [0.4, 0.5) is 5.69 Å². The van der Waals surface area contributed by atoms with Crippen LogP contribution in [-0.2, 0) is 23.9 Å². The first-order valence-electron chi connectivity index (χ1n) is 14.1. The van der Waals surface area contributed by atoms with Gasteiger partial charge < -0.3 is 24.4 Å². The number of nitrogens with zero attached hydrogens (tertiary/aromatic N) is 2. The average Bonchev–Trinajstić information content (AvgIpc) is 3.25. The summed E-state index contributed by atoms with van der Waals surface area (Å²) in [5.74, 6) is -3.08. The third kappa shape index (κ3) is 4.23. The maximum absolute atomic E-state index is 14.7. The zero-order valence-corrected chi connectivity index (χ0v) is 23.6. The molecule has 0 bridgehead atoms. The number of aryl methyl sites for hydroxylation is 2. The Morgan fingerprint density at radius 2 is 1.87 bits per heavy atom. The SMILES string of the molecule is CC[C@H](C)[C@H](CO)N1C(=O)[C@@H]2[C@@H]3C(=O)OCCC/C=C\[C@]3(C)O[C@@]23C=CCN(c2cc(C)ccc2C)C(=O)C13. The highest BCUT2D eigenvalue weighted by atomic mass is 16.6. The summed E-state index contributed by atoms with van der Waals surface area (Å²) in [6.07, 6.45) is 9.67. The third-order valence-electron chi connectivity index (χ3n) is 9.19. The second-order valence-corrected chi connectivity index (χ2v) is 11.7. The summed E-state index contributed by atoms with van der Waals surface area (Å²) in [6, 6.07) is 4.31. The molecule has 1 unspecified atom stereocenters. The Balaban J connectivity index is 1.71. The van der Waals surface area contributed by atoms with Gasteiger partial charge in [0.15, 0.2) is 0 Å². The molecule has 1 spiro atoms. The molecule has 8 heteroatoms. The van der Waals surface area contributed by atoms with Crippen LogP contribution in [0.25, 0.3) is 0 Å². The maximum atomic E-state index is 14.7. The number of anilines is 1. The van der Waals surface area contributed by atoms with Gasteiger partial charge in [-0.05, 0) is 56.7 Å². The van der Waals surface area contributed by atoms with Gasteiger partial charge in [-0.3, -0.25) is 14.4 Å². The van der Waals surface area contributed by atoms with Crippen LogP contribution in [-0.4, -0.2) is 70.8 Å². The number of carbonyl (C=O) groups excluding carboxylic acids is 3. The van der Waals surface area contributed by atoms with E-state index in [1.54, 1.807) is 4.90 Å². The summed E-state index contributed by atoms with van der Waals surface area (Å²) >= 11 is 0. The summed E-state index contributed by atoms with van der Waals surface area (Å²) in [5.41, 5.74) is 0.214. The number of amides is 2. The van der Waals surface area contributed by atoms with Crippen LogP contribution >= 0.6 is 0 Å². The quantitative estimate of drug-likeness (QED) is 0.457. The van der Waals surface area contributed by atoms with Crippen LogP contribution in [0.15, 0.2) is 42.5 Å². The number of rotatable bonds is 5. The van der Waals surface area contributed by atoms with Gasteiger partial charge in [0.2, 0.25) is 5.91 Å². The molecule has 39 heavy (non-hydrogen) atoms. The van der Waals surface area contributed by atoms with E-state index in [0.29, 0.717) is 19.4 Å². The summed E-state index contributed by atoms with van der Waals surface area (Å²) in [4.78, 5) is 46.0. The number of aliphatic hydroxyl groups excluding tert-OH is 1. The van der Waals surface area contributed by atoms with Gasteiger partial charge in [-0.1, -0.05) is 56.7 Å². The zero-order valence-electron chi connectivity index (χ0n) is 23.6. The van der Waals surface area contributed by atoms with Gasteiger partial charge in [0.25, 0.3) is 5.91 Å². The molecule has 2 amide bonds. The molecule has 2 saturated heterocycles. The summed E-state index contributed by atoms with van der Waals surface area (Å²) in [5, 5.41) is 10.6. The predicted octanol–water partition coefficient (Wildman–Crippen LogP) is 3.48. The summed E-state index contributed by atoms with van der Waals surface area (Å²) in [6.45, 7) is 9.98. The Kier molecular flexibility index (Phi) is 7.22. The molecule has 0 saturated carbocycles. The van der Waals surface area contributed by atoms with E-state index in [-0.39, 0.29) is 30.9 Å². The van der Waals surface area contributed by atoms with Crippen molar-refractivity contribution < 1.29 is 29.0 Å². The number of aliphatic hydroxyl groups is 1. The second kappa shape index (κ2) is 10.2. The number of esters is 1. The summed E-state index contributed by atoms with van der Waals surface area (Å²) < 4.78 is 12.5. The van der Waals surface area contributed by atoms with Crippen LogP contribution in [0.3, 0.4) is 0 Å². The Morgan fingerprint density at radius 3 is 2.59 bits per heavy atom. The van der Waals surface area contributed by atoms with E-state index >= 15 is 0 Å². The van der Waals surface area contributed by atoms with Gasteiger partial charge in [0.05, 0.1) is 30.8 Å². The highest BCUT2D eigenvalue weighted by Gasteiger charge is 2.75. The van der Waals surface area contributed by atoms with E-state index in [9.17, 15) is 19.5 Å². The number of carbonyl (C=O) groups is 3. The lowest BCUT2D eigenvalue weighted by Gasteiger charge is -2.41. The molecule has 0 radical (unpaired) electrons. The molecule has 7 atom stereocenters. The van der Waals surface area contributed by atoms with Gasteiger partial charge in [0, 0.05) is 12.2 Å². The average molecular weight is 537 g/mol. The molecule has 5 rings (SSSR count). The first-order chi connectivity index (χ1) is 18.6. The lowest BCUT2D eigenvalue weighted by atomic mass is 9.74. The van der Waals surface area contributed by atoms with Crippen molar-refractivity contribution in [3.05, 3.63) is 53.6 Å². The minimum atomic E-state index is -1.39. The van der Waals surface area contributed by atoms with E-state index in [1.807, 2.05) is 77.1 Å².